The van der Waals surface area contributed by atoms with Gasteiger partial charge in [-0.05, 0) is 43.7 Å². The number of fused-ring (bicyclic) bond motifs is 1. The number of likely N-dealkylation sites (tertiary alicyclic amines) is 1. The smallest absolute Gasteiger partial charge is 0.259 e. The Morgan fingerprint density at radius 3 is 2.78 bits per heavy atom. The first-order valence-electron chi connectivity index (χ1n) is 10.0. The molecule has 5 rings (SSSR count). The molecular weight excluding hydrogens is 425 g/mol. The Kier molecular flexibility index (Phi) is 5.13. The van der Waals surface area contributed by atoms with E-state index in [4.69, 9.17) is 10.2 Å². The summed E-state index contributed by atoms with van der Waals surface area (Å²) in [6.45, 7) is 1.02. The summed E-state index contributed by atoms with van der Waals surface area (Å²) in [4.78, 5) is 14.8. The minimum absolute atomic E-state index is 0.0273. The van der Waals surface area contributed by atoms with Crippen LogP contribution in [0.4, 0.5) is 25.1 Å². The number of benzene rings is 1. The average Bonchev–Trinajstić information content (AvgIpc) is 3.53. The van der Waals surface area contributed by atoms with Crippen molar-refractivity contribution in [2.24, 2.45) is 0 Å². The summed E-state index contributed by atoms with van der Waals surface area (Å²) in [5, 5.41) is 7.35. The van der Waals surface area contributed by atoms with Crippen LogP contribution in [0.25, 0.3) is 17.4 Å². The predicted octanol–water partition coefficient (Wildman–Crippen LogP) is 2.86. The van der Waals surface area contributed by atoms with Gasteiger partial charge in [0, 0.05) is 24.7 Å². The summed E-state index contributed by atoms with van der Waals surface area (Å²) in [5.41, 5.74) is 5.72. The molecule has 0 aliphatic carbocycles. The molecule has 4 aromatic rings. The Hall–Kier alpha value is -3.67. The van der Waals surface area contributed by atoms with Crippen molar-refractivity contribution in [2.75, 3.05) is 24.1 Å². The van der Waals surface area contributed by atoms with Crippen molar-refractivity contribution < 1.29 is 17.6 Å². The van der Waals surface area contributed by atoms with Gasteiger partial charge in [0.25, 0.3) is 5.78 Å². The highest BCUT2D eigenvalue weighted by atomic mass is 19.2. The lowest BCUT2D eigenvalue weighted by Gasteiger charge is -2.25. The summed E-state index contributed by atoms with van der Waals surface area (Å²) in [6, 6.07) is 5.12. The molecule has 32 heavy (non-hydrogen) atoms. The zero-order valence-electron chi connectivity index (χ0n) is 16.8. The highest BCUT2D eigenvalue weighted by Gasteiger charge is 2.27. The van der Waals surface area contributed by atoms with Gasteiger partial charge < -0.3 is 15.5 Å². The van der Waals surface area contributed by atoms with E-state index in [2.05, 4.69) is 25.4 Å². The van der Waals surface area contributed by atoms with E-state index >= 15 is 0 Å². The molecule has 4 heterocycles. The van der Waals surface area contributed by atoms with Crippen LogP contribution in [-0.4, -0.2) is 48.6 Å². The van der Waals surface area contributed by atoms with Crippen molar-refractivity contribution in [2.45, 2.75) is 25.4 Å². The quantitative estimate of drug-likeness (QED) is 0.437. The molecule has 1 aliphatic rings. The van der Waals surface area contributed by atoms with E-state index in [0.29, 0.717) is 24.7 Å². The van der Waals surface area contributed by atoms with Gasteiger partial charge in [-0.3, -0.25) is 4.90 Å². The second kappa shape index (κ2) is 8.11. The first-order valence-corrected chi connectivity index (χ1v) is 10.0. The van der Waals surface area contributed by atoms with Crippen molar-refractivity contribution in [1.82, 2.24) is 29.5 Å². The number of halogens is 3. The van der Waals surface area contributed by atoms with Gasteiger partial charge in [-0.15, -0.1) is 5.10 Å². The summed E-state index contributed by atoms with van der Waals surface area (Å²) in [5.74, 6) is -1.57. The first-order chi connectivity index (χ1) is 15.5. The number of rotatable bonds is 6. The van der Waals surface area contributed by atoms with E-state index in [0.717, 1.165) is 25.0 Å². The molecular formula is C20H19F3N8O. The van der Waals surface area contributed by atoms with Crippen molar-refractivity contribution in [3.63, 3.8) is 0 Å². The van der Waals surface area contributed by atoms with Gasteiger partial charge in [0.1, 0.15) is 5.82 Å². The summed E-state index contributed by atoms with van der Waals surface area (Å²) in [6.07, 6.45) is 3.17. The van der Waals surface area contributed by atoms with Gasteiger partial charge in [0.05, 0.1) is 6.26 Å². The SMILES string of the molecule is Nc1nc(NCC2CCCN2Cc2c(F)ccc(F)c2F)nc2nc(-c3ccco3)nn12. The van der Waals surface area contributed by atoms with E-state index in [1.54, 1.807) is 12.1 Å². The maximum atomic E-state index is 14.1. The molecule has 9 nitrogen and oxygen atoms in total. The number of anilines is 2. The fraction of sp³-hybridized carbons (Fsp3) is 0.300. The standard InChI is InChI=1S/C20H19F3N8O/c21-13-5-6-14(22)16(23)12(13)10-30-7-1-3-11(30)9-25-19-27-18(24)31-20(28-19)26-17(29-31)15-4-2-8-32-15/h2,4-6,8,11H,1,3,7,9-10H2,(H3,24,25,26,27,28,29). The number of hydrogen-bond donors (Lipinski definition) is 2. The van der Waals surface area contributed by atoms with Crippen LogP contribution in [0.15, 0.2) is 34.9 Å². The van der Waals surface area contributed by atoms with Crippen molar-refractivity contribution in [1.29, 1.82) is 0 Å². The van der Waals surface area contributed by atoms with E-state index in [9.17, 15) is 13.2 Å². The third-order valence-corrected chi connectivity index (χ3v) is 5.47. The molecule has 0 spiro atoms. The van der Waals surface area contributed by atoms with Crippen LogP contribution in [0.5, 0.6) is 0 Å². The Bertz CT molecular complexity index is 1260. The monoisotopic (exact) mass is 444 g/mol. The fourth-order valence-electron chi connectivity index (χ4n) is 3.86. The fourth-order valence-corrected chi connectivity index (χ4v) is 3.86. The molecule has 1 unspecified atom stereocenters. The summed E-state index contributed by atoms with van der Waals surface area (Å²) >= 11 is 0. The van der Waals surface area contributed by atoms with Crippen molar-refractivity contribution in [3.8, 4) is 11.6 Å². The normalized spacial score (nSPS) is 16.8. The maximum Gasteiger partial charge on any atom is 0.259 e. The number of nitrogens with two attached hydrogens (primary N) is 1. The minimum Gasteiger partial charge on any atom is -0.461 e. The topological polar surface area (TPSA) is 110 Å². The first kappa shape index (κ1) is 20.2. The van der Waals surface area contributed by atoms with Crippen molar-refractivity contribution in [3.05, 3.63) is 53.5 Å². The molecule has 12 heteroatoms. The van der Waals surface area contributed by atoms with Crippen LogP contribution in [0.2, 0.25) is 0 Å². The molecule has 0 amide bonds. The molecule has 3 aromatic heterocycles. The molecule has 1 atom stereocenters. The number of nitrogen functional groups attached to an aromatic ring is 1. The molecule has 1 saturated heterocycles. The van der Waals surface area contributed by atoms with Gasteiger partial charge in [-0.25, -0.2) is 13.2 Å². The highest BCUT2D eigenvalue weighted by molar-refractivity contribution is 5.52. The van der Waals surface area contributed by atoms with Crippen LogP contribution in [0.3, 0.4) is 0 Å². The Morgan fingerprint density at radius 1 is 1.12 bits per heavy atom. The second-order valence-electron chi connectivity index (χ2n) is 7.50. The molecule has 1 aliphatic heterocycles. The van der Waals surface area contributed by atoms with Crippen LogP contribution in [0.1, 0.15) is 18.4 Å². The molecule has 0 saturated carbocycles. The van der Waals surface area contributed by atoms with E-state index in [1.165, 1.54) is 10.8 Å². The molecule has 0 radical (unpaired) electrons. The highest BCUT2D eigenvalue weighted by Crippen LogP contribution is 2.24. The van der Waals surface area contributed by atoms with E-state index < -0.39 is 17.5 Å². The third kappa shape index (κ3) is 3.73. The zero-order valence-corrected chi connectivity index (χ0v) is 16.8. The molecule has 3 N–H and O–H groups in total. The van der Waals surface area contributed by atoms with E-state index in [-0.39, 0.29) is 35.8 Å². The maximum absolute atomic E-state index is 14.1. The molecule has 0 bridgehead atoms. The Labute approximate surface area is 180 Å². The summed E-state index contributed by atoms with van der Waals surface area (Å²) < 4.78 is 48.3. The lowest BCUT2D eigenvalue weighted by molar-refractivity contribution is 0.245. The summed E-state index contributed by atoms with van der Waals surface area (Å²) in [7, 11) is 0. The van der Waals surface area contributed by atoms with Gasteiger partial charge in [-0.1, -0.05) is 0 Å². The lowest BCUT2D eigenvalue weighted by Crippen LogP contribution is -2.35. The number of furan rings is 1. The number of hydrogen-bond acceptors (Lipinski definition) is 8. The number of aromatic nitrogens is 5. The number of nitrogens with zero attached hydrogens (tertiary/aromatic N) is 6. The van der Waals surface area contributed by atoms with Crippen molar-refractivity contribution >= 4 is 17.7 Å². The third-order valence-electron chi connectivity index (χ3n) is 5.47. The van der Waals surface area contributed by atoms with Crippen LogP contribution < -0.4 is 11.1 Å². The van der Waals surface area contributed by atoms with Gasteiger partial charge in [0.2, 0.25) is 17.7 Å². The predicted molar refractivity (Wildman–Crippen MR) is 109 cm³/mol. The number of nitrogens with one attached hydrogen (secondary N) is 1. The Morgan fingerprint density at radius 2 is 1.97 bits per heavy atom. The largest absolute Gasteiger partial charge is 0.461 e. The van der Waals surface area contributed by atoms with Crippen LogP contribution in [0, 0.1) is 17.5 Å². The van der Waals surface area contributed by atoms with Crippen LogP contribution >= 0.6 is 0 Å². The Balaban J connectivity index is 1.31. The molecule has 1 aromatic carbocycles. The van der Waals surface area contributed by atoms with Gasteiger partial charge >= 0.3 is 0 Å². The second-order valence-corrected chi connectivity index (χ2v) is 7.50. The average molecular weight is 444 g/mol. The zero-order chi connectivity index (χ0) is 22.2. The van der Waals surface area contributed by atoms with E-state index in [1.807, 2.05) is 4.90 Å². The molecule has 1 fully saturated rings. The van der Waals surface area contributed by atoms with Gasteiger partial charge in [-0.2, -0.15) is 19.5 Å². The minimum atomic E-state index is -1.15. The lowest BCUT2D eigenvalue weighted by atomic mass is 10.1. The van der Waals surface area contributed by atoms with Gasteiger partial charge in [0.15, 0.2) is 17.4 Å². The molecule has 166 valence electrons. The van der Waals surface area contributed by atoms with Crippen LogP contribution in [-0.2, 0) is 6.54 Å².